The van der Waals surface area contributed by atoms with Crippen molar-refractivity contribution < 1.29 is 36.3 Å². The minimum atomic E-state index is -4.96. The number of imide groups is 1. The molecule has 1 aliphatic heterocycles. The standard InChI is InChI=1S/C33H24ClF5N6O3/c1-15(2)28(40)32(48)45-29(22-12-20(35)4-5-24(22)34)27-23(31(45)47)9-17(16-3-6-26-41-14-42-44(26)13-16)10-25(27)43-30(46)18-7-19(33(37,38)39)11-21(36)8-18/h3-15,28-29H,40H2,1-2H3,(H,43,46)/t28-,29?/m0/s1. The summed E-state index contributed by atoms with van der Waals surface area (Å²) in [5, 5.41) is 6.58. The lowest BCUT2D eigenvalue weighted by molar-refractivity contribution is -0.137. The first-order valence-corrected chi connectivity index (χ1v) is 14.8. The summed E-state index contributed by atoms with van der Waals surface area (Å²) >= 11 is 6.51. The molecule has 9 nitrogen and oxygen atoms in total. The smallest absolute Gasteiger partial charge is 0.322 e. The maximum absolute atomic E-state index is 14.7. The van der Waals surface area contributed by atoms with Gasteiger partial charge in [-0.2, -0.15) is 18.3 Å². The third-order valence-electron chi connectivity index (χ3n) is 8.00. The Bertz CT molecular complexity index is 2130. The Morgan fingerprint density at radius 2 is 1.73 bits per heavy atom. The number of hydrogen-bond acceptors (Lipinski definition) is 6. The van der Waals surface area contributed by atoms with Crippen LogP contribution in [0.2, 0.25) is 5.02 Å². The number of nitrogens with two attached hydrogens (primary N) is 1. The summed E-state index contributed by atoms with van der Waals surface area (Å²) in [4.78, 5) is 46.5. The van der Waals surface area contributed by atoms with Crippen LogP contribution in [0.5, 0.6) is 0 Å². The van der Waals surface area contributed by atoms with Crippen molar-refractivity contribution in [3.8, 4) is 11.1 Å². The van der Waals surface area contributed by atoms with E-state index in [0.29, 0.717) is 28.9 Å². The van der Waals surface area contributed by atoms with Crippen LogP contribution in [0.1, 0.15) is 57.3 Å². The van der Waals surface area contributed by atoms with E-state index in [1.165, 1.54) is 29.0 Å². The van der Waals surface area contributed by atoms with Gasteiger partial charge in [-0.05, 0) is 72.1 Å². The highest BCUT2D eigenvalue weighted by molar-refractivity contribution is 6.31. The number of amides is 3. The Hall–Kier alpha value is -5.21. The zero-order valence-corrected chi connectivity index (χ0v) is 25.8. The van der Waals surface area contributed by atoms with Crippen molar-refractivity contribution >= 4 is 40.7 Å². The van der Waals surface area contributed by atoms with E-state index in [2.05, 4.69) is 15.4 Å². The van der Waals surface area contributed by atoms with Gasteiger partial charge in [0.25, 0.3) is 11.8 Å². The van der Waals surface area contributed by atoms with Crippen molar-refractivity contribution in [2.45, 2.75) is 32.1 Å². The van der Waals surface area contributed by atoms with Gasteiger partial charge in [-0.15, -0.1) is 0 Å². The molecule has 2 atom stereocenters. The van der Waals surface area contributed by atoms with Gasteiger partial charge in [-0.3, -0.25) is 19.3 Å². The molecule has 246 valence electrons. The number of pyridine rings is 1. The first-order chi connectivity index (χ1) is 22.6. The number of benzene rings is 3. The van der Waals surface area contributed by atoms with Gasteiger partial charge in [0, 0.05) is 44.7 Å². The molecule has 48 heavy (non-hydrogen) atoms. The molecule has 5 aromatic rings. The molecule has 0 bridgehead atoms. The molecule has 0 saturated heterocycles. The monoisotopic (exact) mass is 682 g/mol. The molecule has 6 rings (SSSR count). The number of carbonyl (C=O) groups excluding carboxylic acids is 3. The Morgan fingerprint density at radius 3 is 2.44 bits per heavy atom. The number of nitrogens with one attached hydrogen (secondary N) is 1. The van der Waals surface area contributed by atoms with Gasteiger partial charge in [0.15, 0.2) is 5.65 Å². The Balaban J connectivity index is 1.59. The van der Waals surface area contributed by atoms with Crippen molar-refractivity contribution in [1.82, 2.24) is 19.5 Å². The van der Waals surface area contributed by atoms with Crippen LogP contribution in [0.3, 0.4) is 0 Å². The number of aromatic nitrogens is 3. The topological polar surface area (TPSA) is 123 Å². The number of fused-ring (bicyclic) bond motifs is 2. The van der Waals surface area contributed by atoms with E-state index >= 15 is 0 Å². The Kier molecular flexibility index (Phi) is 8.25. The molecule has 0 fully saturated rings. The SMILES string of the molecule is CC(C)[C@H](N)C(=O)N1C(=O)c2cc(-c3ccc4ncnn4c3)cc(NC(=O)c3cc(F)cc(C(F)(F)F)c3)c2C1c1cc(F)ccc1Cl. The van der Waals surface area contributed by atoms with Gasteiger partial charge >= 0.3 is 6.18 Å². The first-order valence-electron chi connectivity index (χ1n) is 14.4. The number of nitrogens with zero attached hydrogens (tertiary/aromatic N) is 4. The van der Waals surface area contributed by atoms with Gasteiger partial charge in [-0.25, -0.2) is 18.3 Å². The highest BCUT2D eigenvalue weighted by Gasteiger charge is 2.46. The molecule has 1 aliphatic rings. The second kappa shape index (κ2) is 12.1. The van der Waals surface area contributed by atoms with Crippen LogP contribution in [-0.2, 0) is 11.0 Å². The molecule has 2 aromatic heterocycles. The number of carbonyl (C=O) groups is 3. The van der Waals surface area contributed by atoms with Crippen LogP contribution < -0.4 is 11.1 Å². The molecule has 0 radical (unpaired) electrons. The summed E-state index contributed by atoms with van der Waals surface area (Å²) in [7, 11) is 0. The number of halogens is 6. The third-order valence-corrected chi connectivity index (χ3v) is 8.34. The molecule has 15 heteroatoms. The number of anilines is 1. The minimum absolute atomic E-state index is 0.0109. The van der Waals surface area contributed by atoms with Gasteiger partial charge in [-0.1, -0.05) is 25.4 Å². The third kappa shape index (κ3) is 5.88. The lowest BCUT2D eigenvalue weighted by Gasteiger charge is -2.29. The summed E-state index contributed by atoms with van der Waals surface area (Å²) in [5.74, 6) is -5.32. The fourth-order valence-corrected chi connectivity index (χ4v) is 5.75. The van der Waals surface area contributed by atoms with Crippen LogP contribution >= 0.6 is 11.6 Å². The van der Waals surface area contributed by atoms with Crippen molar-refractivity contribution in [3.63, 3.8) is 0 Å². The molecule has 3 N–H and O–H groups in total. The van der Waals surface area contributed by atoms with Gasteiger partial charge in [0.05, 0.1) is 17.6 Å². The fraction of sp³-hybridized carbons (Fsp3) is 0.182. The highest BCUT2D eigenvalue weighted by atomic mass is 35.5. The normalized spacial score (nSPS) is 15.2. The summed E-state index contributed by atoms with van der Waals surface area (Å²) in [5.41, 5.74) is 5.13. The summed E-state index contributed by atoms with van der Waals surface area (Å²) in [6.45, 7) is 3.33. The molecule has 3 amide bonds. The molecule has 3 heterocycles. The maximum atomic E-state index is 14.7. The fourth-order valence-electron chi connectivity index (χ4n) is 5.53. The lowest BCUT2D eigenvalue weighted by atomic mass is 9.92. The van der Waals surface area contributed by atoms with E-state index in [-0.39, 0.29) is 33.5 Å². The average Bonchev–Trinajstić information content (AvgIpc) is 3.62. The molecular weight excluding hydrogens is 659 g/mol. The van der Waals surface area contributed by atoms with E-state index in [4.69, 9.17) is 17.3 Å². The second-order valence-electron chi connectivity index (χ2n) is 11.5. The van der Waals surface area contributed by atoms with Gasteiger partial charge in [0.1, 0.15) is 18.0 Å². The van der Waals surface area contributed by atoms with E-state index in [1.807, 2.05) is 0 Å². The summed E-state index contributed by atoms with van der Waals surface area (Å²) in [6.07, 6.45) is -2.06. The van der Waals surface area contributed by atoms with Crippen LogP contribution in [0, 0.1) is 17.6 Å². The molecule has 0 spiro atoms. The predicted octanol–water partition coefficient (Wildman–Crippen LogP) is 6.65. The van der Waals surface area contributed by atoms with Gasteiger partial charge in [0.2, 0.25) is 5.91 Å². The molecule has 1 unspecified atom stereocenters. The van der Waals surface area contributed by atoms with Crippen LogP contribution in [0.25, 0.3) is 16.8 Å². The number of rotatable bonds is 6. The Labute approximate surface area is 274 Å². The van der Waals surface area contributed by atoms with Gasteiger partial charge < -0.3 is 11.1 Å². The maximum Gasteiger partial charge on any atom is 0.416 e. The van der Waals surface area contributed by atoms with Crippen molar-refractivity contribution in [2.24, 2.45) is 11.7 Å². The lowest BCUT2D eigenvalue weighted by Crippen LogP contribution is -2.48. The largest absolute Gasteiger partial charge is 0.416 e. The zero-order chi connectivity index (χ0) is 34.7. The van der Waals surface area contributed by atoms with E-state index in [9.17, 15) is 36.3 Å². The molecule has 3 aromatic carbocycles. The predicted molar refractivity (Wildman–Crippen MR) is 165 cm³/mol. The number of hydrogen-bond donors (Lipinski definition) is 2. The molecule has 0 aliphatic carbocycles. The quantitative estimate of drug-likeness (QED) is 0.193. The van der Waals surface area contributed by atoms with Crippen molar-refractivity contribution in [1.29, 1.82) is 0 Å². The molecular formula is C33H24ClF5N6O3. The van der Waals surface area contributed by atoms with E-state index < -0.39 is 64.7 Å². The molecule has 0 saturated carbocycles. The van der Waals surface area contributed by atoms with Crippen LogP contribution in [0.4, 0.5) is 27.6 Å². The zero-order valence-electron chi connectivity index (χ0n) is 25.0. The summed E-state index contributed by atoms with van der Waals surface area (Å²) in [6, 6.07) is 8.22. The average molecular weight is 683 g/mol. The second-order valence-corrected chi connectivity index (χ2v) is 11.9. The van der Waals surface area contributed by atoms with Crippen molar-refractivity contribution in [2.75, 3.05) is 5.32 Å². The summed E-state index contributed by atoms with van der Waals surface area (Å²) < 4.78 is 71.0. The minimum Gasteiger partial charge on any atom is -0.322 e. The highest BCUT2D eigenvalue weighted by Crippen LogP contribution is 2.47. The van der Waals surface area contributed by atoms with E-state index in [0.717, 1.165) is 17.0 Å². The Morgan fingerprint density at radius 1 is 0.979 bits per heavy atom. The van der Waals surface area contributed by atoms with Crippen molar-refractivity contribution in [3.05, 3.63) is 118 Å². The van der Waals surface area contributed by atoms with Crippen LogP contribution in [-0.4, -0.2) is 43.3 Å². The number of alkyl halides is 3. The van der Waals surface area contributed by atoms with E-state index in [1.54, 1.807) is 32.2 Å². The first kappa shape index (κ1) is 32.7. The van der Waals surface area contributed by atoms with Crippen LogP contribution in [0.15, 0.2) is 73.2 Å².